The van der Waals surface area contributed by atoms with Crippen LogP contribution in [0.25, 0.3) is 0 Å². The van der Waals surface area contributed by atoms with Crippen LogP contribution in [0.3, 0.4) is 0 Å². The first-order chi connectivity index (χ1) is 11.8. The largest absolute Gasteiger partial charge is 0.324 e. The summed E-state index contributed by atoms with van der Waals surface area (Å²) in [5.74, 6) is -0.648. The third-order valence-electron chi connectivity index (χ3n) is 3.48. The quantitative estimate of drug-likeness (QED) is 0.653. The monoisotopic (exact) mass is 398 g/mol. The van der Waals surface area contributed by atoms with E-state index < -0.39 is 5.91 Å². The van der Waals surface area contributed by atoms with E-state index in [4.69, 9.17) is 34.8 Å². The first kappa shape index (κ1) is 19.6. The minimum atomic E-state index is -0.429. The maximum absolute atomic E-state index is 12.7. The fraction of sp³-hybridized carbons (Fsp3) is 0.222. The van der Waals surface area contributed by atoms with Crippen molar-refractivity contribution in [2.24, 2.45) is 0 Å². The van der Waals surface area contributed by atoms with Gasteiger partial charge in [0.05, 0.1) is 16.3 Å². The zero-order valence-electron chi connectivity index (χ0n) is 13.8. The molecule has 0 aliphatic heterocycles. The summed E-state index contributed by atoms with van der Waals surface area (Å²) in [4.78, 5) is 24.6. The van der Waals surface area contributed by atoms with Crippen molar-refractivity contribution in [3.8, 4) is 0 Å². The summed E-state index contributed by atoms with van der Waals surface area (Å²) in [5.41, 5.74) is 1.85. The molecule has 0 fully saturated rings. The molecule has 4 nitrogen and oxygen atoms in total. The van der Waals surface area contributed by atoms with E-state index in [0.29, 0.717) is 28.6 Å². The first-order valence-corrected chi connectivity index (χ1v) is 8.81. The summed E-state index contributed by atoms with van der Waals surface area (Å²) < 4.78 is 0. The van der Waals surface area contributed by atoms with E-state index >= 15 is 0 Å². The Labute approximate surface area is 161 Å². The topological polar surface area (TPSA) is 58.2 Å². The average molecular weight is 400 g/mol. The van der Waals surface area contributed by atoms with Crippen molar-refractivity contribution >= 4 is 58.0 Å². The second kappa shape index (κ2) is 8.56. The number of hydrogen-bond donors (Lipinski definition) is 2. The summed E-state index contributed by atoms with van der Waals surface area (Å²) in [6, 6.07) is 8.08. The molecule has 0 atom stereocenters. The predicted octanol–water partition coefficient (Wildman–Crippen LogP) is 5.95. The normalized spacial score (nSPS) is 10.4. The predicted molar refractivity (Wildman–Crippen MR) is 104 cm³/mol. The number of amides is 2. The highest BCUT2D eigenvalue weighted by atomic mass is 35.5. The van der Waals surface area contributed by atoms with Crippen molar-refractivity contribution in [2.75, 3.05) is 10.6 Å². The number of rotatable bonds is 5. The molecule has 25 heavy (non-hydrogen) atoms. The molecule has 0 aliphatic rings. The van der Waals surface area contributed by atoms with Gasteiger partial charge in [-0.2, -0.15) is 0 Å². The Morgan fingerprint density at radius 2 is 1.72 bits per heavy atom. The van der Waals surface area contributed by atoms with Gasteiger partial charge in [-0.1, -0.05) is 41.7 Å². The van der Waals surface area contributed by atoms with Gasteiger partial charge >= 0.3 is 0 Å². The molecule has 0 unspecified atom stereocenters. The number of halogens is 3. The highest BCUT2D eigenvalue weighted by molar-refractivity contribution is 6.38. The van der Waals surface area contributed by atoms with Crippen LogP contribution in [-0.2, 0) is 4.79 Å². The second-order valence-corrected chi connectivity index (χ2v) is 6.80. The van der Waals surface area contributed by atoms with Crippen molar-refractivity contribution in [2.45, 2.75) is 26.7 Å². The lowest BCUT2D eigenvalue weighted by atomic mass is 10.1. The van der Waals surface area contributed by atoms with Gasteiger partial charge in [-0.05, 0) is 49.2 Å². The van der Waals surface area contributed by atoms with E-state index in [9.17, 15) is 9.59 Å². The van der Waals surface area contributed by atoms with E-state index in [0.717, 1.165) is 5.56 Å². The Hall–Kier alpha value is -1.75. The molecule has 0 heterocycles. The molecule has 2 aromatic rings. The Kier molecular flexibility index (Phi) is 6.71. The number of carbonyl (C=O) groups is 2. The van der Waals surface area contributed by atoms with E-state index in [1.807, 2.05) is 13.8 Å². The third kappa shape index (κ3) is 5.11. The van der Waals surface area contributed by atoms with Crippen LogP contribution in [0.2, 0.25) is 15.1 Å². The molecule has 0 bridgehead atoms. The van der Waals surface area contributed by atoms with E-state index in [1.54, 1.807) is 18.2 Å². The van der Waals surface area contributed by atoms with Crippen LogP contribution in [0.5, 0.6) is 0 Å². The minimum absolute atomic E-state index is 0.191. The van der Waals surface area contributed by atoms with Crippen LogP contribution in [0.15, 0.2) is 30.3 Å². The average Bonchev–Trinajstić information content (AvgIpc) is 2.52. The molecule has 7 heteroatoms. The molecule has 0 saturated carbocycles. The summed E-state index contributed by atoms with van der Waals surface area (Å²) in [6.07, 6.45) is 1.01. The van der Waals surface area contributed by atoms with Crippen LogP contribution in [0.1, 0.15) is 35.7 Å². The van der Waals surface area contributed by atoms with Gasteiger partial charge in [-0.3, -0.25) is 9.59 Å². The van der Waals surface area contributed by atoms with Crippen molar-refractivity contribution < 1.29 is 9.59 Å². The molecule has 2 rings (SSSR count). The Bertz CT molecular complexity index is 822. The van der Waals surface area contributed by atoms with Gasteiger partial charge in [0.15, 0.2) is 0 Å². The summed E-state index contributed by atoms with van der Waals surface area (Å²) in [7, 11) is 0. The van der Waals surface area contributed by atoms with E-state index in [-0.39, 0.29) is 22.2 Å². The molecule has 2 N–H and O–H groups in total. The Balaban J connectivity index is 2.35. The van der Waals surface area contributed by atoms with Crippen molar-refractivity contribution in [3.05, 3.63) is 56.5 Å². The van der Waals surface area contributed by atoms with E-state index in [1.165, 1.54) is 12.1 Å². The standard InChI is InChI=1S/C18H17Cl3N2O2/c1-3-4-16(24)23-17-13(8-12(20)9-14(17)21)18(25)22-15-6-5-11(19)7-10(15)2/h5-9H,3-4H2,1-2H3,(H,22,25)(H,23,24). The zero-order valence-corrected chi connectivity index (χ0v) is 16.0. The van der Waals surface area contributed by atoms with Crippen LogP contribution in [-0.4, -0.2) is 11.8 Å². The molecule has 0 aliphatic carbocycles. The highest BCUT2D eigenvalue weighted by Crippen LogP contribution is 2.31. The van der Waals surface area contributed by atoms with Gasteiger partial charge in [-0.25, -0.2) is 0 Å². The summed E-state index contributed by atoms with van der Waals surface area (Å²) >= 11 is 18.1. The summed E-state index contributed by atoms with van der Waals surface area (Å²) in [6.45, 7) is 3.72. The SMILES string of the molecule is CCCC(=O)Nc1c(Cl)cc(Cl)cc1C(=O)Nc1ccc(Cl)cc1C. The minimum Gasteiger partial charge on any atom is -0.324 e. The first-order valence-electron chi connectivity index (χ1n) is 7.68. The number of aryl methyl sites for hydroxylation is 1. The van der Waals surface area contributed by atoms with Gasteiger partial charge in [0, 0.05) is 22.2 Å². The number of benzene rings is 2. The molecular weight excluding hydrogens is 383 g/mol. The highest BCUT2D eigenvalue weighted by Gasteiger charge is 2.18. The van der Waals surface area contributed by atoms with Crippen molar-refractivity contribution in [1.29, 1.82) is 0 Å². The lowest BCUT2D eigenvalue weighted by molar-refractivity contribution is -0.116. The molecule has 0 radical (unpaired) electrons. The smallest absolute Gasteiger partial charge is 0.257 e. The molecule has 2 aromatic carbocycles. The molecule has 0 spiro atoms. The number of hydrogen-bond acceptors (Lipinski definition) is 2. The number of nitrogens with one attached hydrogen (secondary N) is 2. The van der Waals surface area contributed by atoms with Crippen molar-refractivity contribution in [3.63, 3.8) is 0 Å². The van der Waals surface area contributed by atoms with E-state index in [2.05, 4.69) is 10.6 Å². The second-order valence-electron chi connectivity index (χ2n) is 5.52. The number of anilines is 2. The third-order valence-corrected chi connectivity index (χ3v) is 4.23. The fourth-order valence-corrected chi connectivity index (χ4v) is 3.03. The molecular formula is C18H17Cl3N2O2. The van der Waals surface area contributed by atoms with Gasteiger partial charge in [0.25, 0.3) is 5.91 Å². The Morgan fingerprint density at radius 1 is 1.00 bits per heavy atom. The van der Waals surface area contributed by atoms with Gasteiger partial charge in [0.2, 0.25) is 5.91 Å². The molecule has 2 amide bonds. The molecule has 0 aromatic heterocycles. The maximum Gasteiger partial charge on any atom is 0.257 e. The zero-order chi connectivity index (χ0) is 18.6. The Morgan fingerprint density at radius 3 is 2.36 bits per heavy atom. The van der Waals surface area contributed by atoms with Gasteiger partial charge < -0.3 is 10.6 Å². The van der Waals surface area contributed by atoms with Crippen LogP contribution in [0, 0.1) is 6.92 Å². The maximum atomic E-state index is 12.7. The molecule has 132 valence electrons. The fourth-order valence-electron chi connectivity index (χ4n) is 2.27. The van der Waals surface area contributed by atoms with Crippen LogP contribution >= 0.6 is 34.8 Å². The van der Waals surface area contributed by atoms with Gasteiger partial charge in [0.1, 0.15) is 0 Å². The summed E-state index contributed by atoms with van der Waals surface area (Å²) in [5, 5.41) is 6.56. The van der Waals surface area contributed by atoms with Gasteiger partial charge in [-0.15, -0.1) is 0 Å². The van der Waals surface area contributed by atoms with Crippen LogP contribution < -0.4 is 10.6 Å². The van der Waals surface area contributed by atoms with Crippen molar-refractivity contribution in [1.82, 2.24) is 0 Å². The number of carbonyl (C=O) groups excluding carboxylic acids is 2. The lowest BCUT2D eigenvalue weighted by Gasteiger charge is -2.15. The van der Waals surface area contributed by atoms with Crippen LogP contribution in [0.4, 0.5) is 11.4 Å². The lowest BCUT2D eigenvalue weighted by Crippen LogP contribution is -2.18. The molecule has 0 saturated heterocycles.